The van der Waals surface area contributed by atoms with Crippen molar-refractivity contribution in [3.63, 3.8) is 0 Å². The largest absolute Gasteiger partial charge is 0.493 e. The zero-order valence-corrected chi connectivity index (χ0v) is 13.1. The summed E-state index contributed by atoms with van der Waals surface area (Å²) in [5.74, 6) is -1.50. The molecule has 2 aromatic rings. The fourth-order valence-electron chi connectivity index (χ4n) is 1.50. The lowest BCUT2D eigenvalue weighted by Crippen LogP contribution is -2.13. The van der Waals surface area contributed by atoms with Crippen LogP contribution in [0.3, 0.4) is 0 Å². The third-order valence-electron chi connectivity index (χ3n) is 2.53. The van der Waals surface area contributed by atoms with Crippen molar-refractivity contribution in [3.05, 3.63) is 46.6 Å². The monoisotopic (exact) mass is 374 g/mol. The summed E-state index contributed by atoms with van der Waals surface area (Å²) in [6, 6.07) is 9.17. The quantitative estimate of drug-likeness (QED) is 0.834. The molecule has 0 radical (unpaired) electrons. The van der Waals surface area contributed by atoms with E-state index in [1.807, 2.05) is 0 Å². The van der Waals surface area contributed by atoms with Gasteiger partial charge in [0.1, 0.15) is 12.4 Å². The molecular weight excluding hydrogens is 364 g/mol. The zero-order chi connectivity index (χ0) is 15.5. The van der Waals surface area contributed by atoms with Crippen LogP contribution in [0.25, 0.3) is 0 Å². The molecule has 0 aliphatic rings. The molecule has 8 heteroatoms. The van der Waals surface area contributed by atoms with Crippen LogP contribution >= 0.6 is 15.9 Å². The molecule has 1 aromatic carbocycles. The van der Waals surface area contributed by atoms with E-state index >= 15 is 0 Å². The summed E-state index contributed by atoms with van der Waals surface area (Å²) in [6.07, 6.45) is 0. The second-order valence-corrected chi connectivity index (χ2v) is 7.00. The Morgan fingerprint density at radius 2 is 1.86 bits per heavy atom. The Bertz CT molecular complexity index is 732. The molecule has 6 nitrogen and oxygen atoms in total. The predicted molar refractivity (Wildman–Crippen MR) is 77.4 cm³/mol. The van der Waals surface area contributed by atoms with Gasteiger partial charge in [-0.2, -0.15) is 0 Å². The summed E-state index contributed by atoms with van der Waals surface area (Å²) in [6.45, 7) is -0.0624. The van der Waals surface area contributed by atoms with Crippen molar-refractivity contribution in [2.75, 3.05) is 12.4 Å². The smallest absolute Gasteiger partial charge is 0.371 e. The van der Waals surface area contributed by atoms with Gasteiger partial charge in [-0.15, -0.1) is 0 Å². The first kappa shape index (κ1) is 15.6. The van der Waals surface area contributed by atoms with E-state index in [0.29, 0.717) is 5.75 Å². The lowest BCUT2D eigenvalue weighted by atomic mass is 10.3. The zero-order valence-electron chi connectivity index (χ0n) is 10.7. The molecule has 0 bridgehead atoms. The fraction of sp³-hybridized carbons (Fsp3) is 0.154. The number of hydrogen-bond donors (Lipinski definition) is 1. The van der Waals surface area contributed by atoms with Gasteiger partial charge in [0.25, 0.3) is 0 Å². The van der Waals surface area contributed by atoms with E-state index in [4.69, 9.17) is 14.3 Å². The molecule has 0 atom stereocenters. The Labute approximate surface area is 129 Å². The second kappa shape index (κ2) is 6.31. The minimum absolute atomic E-state index is 0.0624. The van der Waals surface area contributed by atoms with Crippen LogP contribution in [0.4, 0.5) is 0 Å². The number of carbonyl (C=O) groups is 1. The topological polar surface area (TPSA) is 93.8 Å². The average molecular weight is 375 g/mol. The van der Waals surface area contributed by atoms with E-state index < -0.39 is 21.6 Å². The van der Waals surface area contributed by atoms with Crippen LogP contribution in [-0.2, 0) is 9.84 Å². The molecule has 1 heterocycles. The third kappa shape index (κ3) is 4.08. The third-order valence-corrected chi connectivity index (χ3v) is 4.60. The van der Waals surface area contributed by atoms with Gasteiger partial charge in [0.2, 0.25) is 20.7 Å². The number of benzene rings is 1. The molecule has 0 spiro atoms. The number of furan rings is 1. The maximum Gasteiger partial charge on any atom is 0.371 e. The highest BCUT2D eigenvalue weighted by Gasteiger charge is 2.21. The molecule has 21 heavy (non-hydrogen) atoms. The van der Waals surface area contributed by atoms with Gasteiger partial charge in [0.15, 0.2) is 0 Å². The van der Waals surface area contributed by atoms with E-state index in [1.165, 1.54) is 0 Å². The molecule has 0 unspecified atom stereocenters. The first-order chi connectivity index (χ1) is 9.88. The van der Waals surface area contributed by atoms with Gasteiger partial charge in [-0.25, -0.2) is 13.2 Å². The summed E-state index contributed by atoms with van der Waals surface area (Å²) in [7, 11) is -3.72. The van der Waals surface area contributed by atoms with E-state index in [1.54, 1.807) is 24.3 Å². The SMILES string of the molecule is O=C(O)c1ccc(S(=O)(=O)CCOc2ccc(Br)cc2)o1. The number of ether oxygens (including phenoxy) is 1. The van der Waals surface area contributed by atoms with Crippen LogP contribution in [-0.4, -0.2) is 31.9 Å². The number of carboxylic acids is 1. The molecule has 112 valence electrons. The number of hydrogen-bond acceptors (Lipinski definition) is 5. The Kier molecular flexibility index (Phi) is 4.69. The minimum atomic E-state index is -3.72. The molecule has 0 aliphatic heterocycles. The number of sulfone groups is 1. The summed E-state index contributed by atoms with van der Waals surface area (Å²) in [4.78, 5) is 10.7. The molecule has 1 aromatic heterocycles. The highest BCUT2D eigenvalue weighted by atomic mass is 79.9. The van der Waals surface area contributed by atoms with E-state index in [0.717, 1.165) is 16.6 Å². The second-order valence-electron chi connectivity index (χ2n) is 4.05. The molecule has 2 rings (SSSR count). The van der Waals surface area contributed by atoms with Crippen molar-refractivity contribution in [1.82, 2.24) is 0 Å². The van der Waals surface area contributed by atoms with E-state index in [9.17, 15) is 13.2 Å². The van der Waals surface area contributed by atoms with Gasteiger partial charge in [0.05, 0.1) is 5.75 Å². The standard InChI is InChI=1S/C13H11BrO6S/c14-9-1-3-10(4-2-9)19-7-8-21(17,18)12-6-5-11(20-12)13(15)16/h1-6H,7-8H2,(H,15,16). The maximum atomic E-state index is 11.9. The van der Waals surface area contributed by atoms with E-state index in [-0.39, 0.29) is 17.5 Å². The minimum Gasteiger partial charge on any atom is -0.493 e. The van der Waals surface area contributed by atoms with Gasteiger partial charge in [0, 0.05) is 4.47 Å². The Balaban J connectivity index is 1.97. The van der Waals surface area contributed by atoms with Crippen LogP contribution < -0.4 is 4.74 Å². The van der Waals surface area contributed by atoms with Crippen LogP contribution in [0.2, 0.25) is 0 Å². The molecule has 1 N–H and O–H groups in total. The summed E-state index contributed by atoms with van der Waals surface area (Å²) in [5.41, 5.74) is 0. The summed E-state index contributed by atoms with van der Waals surface area (Å²) < 4.78 is 34.9. The van der Waals surface area contributed by atoms with Gasteiger partial charge in [-0.05, 0) is 36.4 Å². The fourth-order valence-corrected chi connectivity index (χ4v) is 2.76. The molecule has 0 saturated carbocycles. The Morgan fingerprint density at radius 3 is 2.43 bits per heavy atom. The number of carboxylic acid groups (broad SMARTS) is 1. The van der Waals surface area contributed by atoms with Crippen molar-refractivity contribution < 1.29 is 27.5 Å². The lowest BCUT2D eigenvalue weighted by Gasteiger charge is -2.05. The van der Waals surface area contributed by atoms with Crippen LogP contribution in [0.1, 0.15) is 10.6 Å². The molecule has 0 aliphatic carbocycles. The normalized spacial score (nSPS) is 11.3. The van der Waals surface area contributed by atoms with Crippen LogP contribution in [0.15, 0.2) is 50.4 Å². The first-order valence-electron chi connectivity index (χ1n) is 5.83. The number of aromatic carboxylic acids is 1. The van der Waals surface area contributed by atoms with Crippen LogP contribution in [0, 0.1) is 0 Å². The highest BCUT2D eigenvalue weighted by molar-refractivity contribution is 9.10. The van der Waals surface area contributed by atoms with Crippen molar-refractivity contribution in [3.8, 4) is 5.75 Å². The van der Waals surface area contributed by atoms with Crippen molar-refractivity contribution in [2.24, 2.45) is 0 Å². The van der Waals surface area contributed by atoms with E-state index in [2.05, 4.69) is 15.9 Å². The van der Waals surface area contributed by atoms with Gasteiger partial charge in [-0.1, -0.05) is 15.9 Å². The first-order valence-corrected chi connectivity index (χ1v) is 8.27. The maximum absolute atomic E-state index is 11.9. The average Bonchev–Trinajstić information content (AvgIpc) is 2.91. The van der Waals surface area contributed by atoms with Crippen molar-refractivity contribution in [1.29, 1.82) is 0 Å². The predicted octanol–water partition coefficient (Wildman–Crippen LogP) is 2.59. The summed E-state index contributed by atoms with van der Waals surface area (Å²) in [5, 5.41) is 8.32. The van der Waals surface area contributed by atoms with Crippen molar-refractivity contribution in [2.45, 2.75) is 5.09 Å². The van der Waals surface area contributed by atoms with Crippen molar-refractivity contribution >= 4 is 31.7 Å². The van der Waals surface area contributed by atoms with Gasteiger partial charge >= 0.3 is 5.97 Å². The molecule has 0 amide bonds. The van der Waals surface area contributed by atoms with Gasteiger partial charge in [-0.3, -0.25) is 0 Å². The molecule has 0 fully saturated rings. The van der Waals surface area contributed by atoms with Gasteiger partial charge < -0.3 is 14.3 Å². The highest BCUT2D eigenvalue weighted by Crippen LogP contribution is 2.18. The lowest BCUT2D eigenvalue weighted by molar-refractivity contribution is 0.0656. The number of halogens is 1. The number of rotatable bonds is 6. The Hall–Kier alpha value is -1.80. The molecular formula is C13H11BrO6S. The summed E-state index contributed by atoms with van der Waals surface area (Å²) >= 11 is 3.28. The van der Waals surface area contributed by atoms with Crippen LogP contribution in [0.5, 0.6) is 5.75 Å². The molecule has 0 saturated heterocycles. The Morgan fingerprint density at radius 1 is 1.19 bits per heavy atom.